The van der Waals surface area contributed by atoms with E-state index in [1.165, 1.54) is 60.8 Å². The van der Waals surface area contributed by atoms with Gasteiger partial charge in [0.05, 0.1) is 0 Å². The average Bonchev–Trinajstić information content (AvgIpc) is 3.79. The van der Waals surface area contributed by atoms with Crippen LogP contribution in [0.15, 0.2) is 265 Å². The molecule has 2 heteroatoms. The molecule has 66 heavy (non-hydrogen) atoms. The number of fused-ring (bicyclic) bond motifs is 4. The van der Waals surface area contributed by atoms with Crippen molar-refractivity contribution in [3.63, 3.8) is 0 Å². The molecule has 0 radical (unpaired) electrons. The summed E-state index contributed by atoms with van der Waals surface area (Å²) in [5.41, 5.74) is 19.2. The van der Waals surface area contributed by atoms with Crippen LogP contribution in [0.4, 0.5) is 17.1 Å². The molecule has 0 bridgehead atoms. The minimum absolute atomic E-state index is 0.888. The number of hydrogen-bond acceptors (Lipinski definition) is 2. The van der Waals surface area contributed by atoms with Gasteiger partial charge in [0, 0.05) is 27.8 Å². The highest BCUT2D eigenvalue weighted by Crippen LogP contribution is 2.42. The van der Waals surface area contributed by atoms with Crippen LogP contribution in [0.25, 0.3) is 99.5 Å². The van der Waals surface area contributed by atoms with E-state index >= 15 is 0 Å². The van der Waals surface area contributed by atoms with Gasteiger partial charge in [-0.3, -0.25) is 0 Å². The van der Waals surface area contributed by atoms with Gasteiger partial charge in [0.1, 0.15) is 11.2 Å². The van der Waals surface area contributed by atoms with Crippen molar-refractivity contribution < 1.29 is 4.42 Å². The maximum Gasteiger partial charge on any atom is 0.136 e. The molecule has 0 aliphatic carbocycles. The first-order valence-corrected chi connectivity index (χ1v) is 22.6. The molecule has 0 unspecified atom stereocenters. The van der Waals surface area contributed by atoms with Gasteiger partial charge in [-0.2, -0.15) is 0 Å². The van der Waals surface area contributed by atoms with Crippen molar-refractivity contribution in [2.75, 3.05) is 4.90 Å². The summed E-state index contributed by atoms with van der Waals surface area (Å²) in [6.45, 7) is 0. The lowest BCUT2D eigenvalue weighted by atomic mass is 9.91. The quantitative estimate of drug-likeness (QED) is 0.144. The predicted molar refractivity (Wildman–Crippen MR) is 279 cm³/mol. The first-order chi connectivity index (χ1) is 32.7. The minimum atomic E-state index is 0.888. The first-order valence-electron chi connectivity index (χ1n) is 22.6. The fourth-order valence-corrected chi connectivity index (χ4v) is 9.65. The summed E-state index contributed by atoms with van der Waals surface area (Å²) in [5, 5.41) is 4.77. The standard InChI is InChI=1S/C64H43NO/c1-3-14-47(15-4-1)58-41-36-51(43-61(58)49-16-5-2-6-17-49)46-34-39-54(40-35-46)65(55-21-11-20-52(42-55)59-25-13-27-63-64(59)60-23-9-10-26-62(60)66-63)53-37-32-45(33-38-53)44-28-30-50(31-29-44)57-24-12-19-48-18-7-8-22-56(48)57/h1-43H. The van der Waals surface area contributed by atoms with E-state index in [-0.39, 0.29) is 0 Å². The molecule has 0 aliphatic heterocycles. The van der Waals surface area contributed by atoms with Gasteiger partial charge in [0.2, 0.25) is 0 Å². The number of benzene rings is 11. The highest BCUT2D eigenvalue weighted by Gasteiger charge is 2.18. The number of rotatable bonds is 9. The summed E-state index contributed by atoms with van der Waals surface area (Å²) < 4.78 is 6.32. The molecule has 0 atom stereocenters. The lowest BCUT2D eigenvalue weighted by Gasteiger charge is -2.26. The molecule has 1 aromatic heterocycles. The van der Waals surface area contributed by atoms with Crippen LogP contribution in [0, 0.1) is 0 Å². The summed E-state index contributed by atoms with van der Waals surface area (Å²) in [6.07, 6.45) is 0. The van der Waals surface area contributed by atoms with Crippen LogP contribution in [-0.2, 0) is 0 Å². The normalized spacial score (nSPS) is 11.3. The van der Waals surface area contributed by atoms with Crippen LogP contribution in [0.1, 0.15) is 0 Å². The maximum absolute atomic E-state index is 6.32. The van der Waals surface area contributed by atoms with E-state index in [0.29, 0.717) is 0 Å². The van der Waals surface area contributed by atoms with Crippen LogP contribution in [-0.4, -0.2) is 0 Å². The van der Waals surface area contributed by atoms with Crippen molar-refractivity contribution in [2.45, 2.75) is 0 Å². The highest BCUT2D eigenvalue weighted by molar-refractivity contribution is 6.12. The fraction of sp³-hybridized carbons (Fsp3) is 0. The molecule has 0 aliphatic rings. The Balaban J connectivity index is 0.931. The van der Waals surface area contributed by atoms with E-state index < -0.39 is 0 Å². The van der Waals surface area contributed by atoms with E-state index in [2.05, 4.69) is 254 Å². The Kier molecular flexibility index (Phi) is 9.89. The van der Waals surface area contributed by atoms with Crippen molar-refractivity contribution in [3.05, 3.63) is 261 Å². The molecule has 310 valence electrons. The van der Waals surface area contributed by atoms with Crippen molar-refractivity contribution in [1.82, 2.24) is 0 Å². The van der Waals surface area contributed by atoms with Gasteiger partial charge in [0.25, 0.3) is 0 Å². The molecule has 0 saturated heterocycles. The third-order valence-corrected chi connectivity index (χ3v) is 12.9. The van der Waals surface area contributed by atoms with E-state index in [4.69, 9.17) is 4.42 Å². The Morgan fingerprint density at radius 3 is 1.45 bits per heavy atom. The van der Waals surface area contributed by atoms with Crippen LogP contribution < -0.4 is 4.90 Å². The van der Waals surface area contributed by atoms with Crippen molar-refractivity contribution in [1.29, 1.82) is 0 Å². The van der Waals surface area contributed by atoms with Crippen LogP contribution in [0.5, 0.6) is 0 Å². The van der Waals surface area contributed by atoms with Gasteiger partial charge in [-0.1, -0.05) is 206 Å². The number of furan rings is 1. The summed E-state index contributed by atoms with van der Waals surface area (Å²) in [7, 11) is 0. The number of nitrogens with zero attached hydrogens (tertiary/aromatic N) is 1. The molecule has 11 aromatic carbocycles. The monoisotopic (exact) mass is 841 g/mol. The molecule has 0 N–H and O–H groups in total. The molecule has 2 nitrogen and oxygen atoms in total. The maximum atomic E-state index is 6.32. The van der Waals surface area contributed by atoms with Crippen LogP contribution >= 0.6 is 0 Å². The van der Waals surface area contributed by atoms with Crippen LogP contribution in [0.3, 0.4) is 0 Å². The summed E-state index contributed by atoms with van der Waals surface area (Å²) in [5.74, 6) is 0. The number of hydrogen-bond donors (Lipinski definition) is 0. The number of para-hydroxylation sites is 1. The molecule has 12 rings (SSSR count). The summed E-state index contributed by atoms with van der Waals surface area (Å²) in [6, 6.07) is 93.8. The summed E-state index contributed by atoms with van der Waals surface area (Å²) in [4.78, 5) is 2.36. The highest BCUT2D eigenvalue weighted by atomic mass is 16.3. The van der Waals surface area contributed by atoms with E-state index in [0.717, 1.165) is 55.7 Å². The first kappa shape index (κ1) is 38.9. The van der Waals surface area contributed by atoms with Gasteiger partial charge in [-0.15, -0.1) is 0 Å². The Morgan fingerprint density at radius 1 is 0.242 bits per heavy atom. The lowest BCUT2D eigenvalue weighted by molar-refractivity contribution is 0.669. The zero-order valence-corrected chi connectivity index (χ0v) is 36.2. The van der Waals surface area contributed by atoms with Crippen molar-refractivity contribution in [3.8, 4) is 66.8 Å². The lowest BCUT2D eigenvalue weighted by Crippen LogP contribution is -2.10. The SMILES string of the molecule is c1ccc(-c2ccc(-c3ccc(N(c4ccc(-c5ccc(-c6cccc7ccccc67)cc5)cc4)c4cccc(-c5cccc6oc7ccccc7c56)c4)cc3)cc2-c2ccccc2)cc1. The average molecular weight is 842 g/mol. The molecule has 0 fully saturated rings. The van der Waals surface area contributed by atoms with Gasteiger partial charge in [0.15, 0.2) is 0 Å². The minimum Gasteiger partial charge on any atom is -0.456 e. The van der Waals surface area contributed by atoms with E-state index in [1.54, 1.807) is 0 Å². The van der Waals surface area contributed by atoms with E-state index in [1.807, 2.05) is 12.1 Å². The van der Waals surface area contributed by atoms with Crippen LogP contribution in [0.2, 0.25) is 0 Å². The molecule has 0 amide bonds. The second kappa shape index (κ2) is 16.8. The molecule has 0 spiro atoms. The fourth-order valence-electron chi connectivity index (χ4n) is 9.65. The Bertz CT molecular complexity index is 3660. The molecular formula is C64H43NO. The molecular weight excluding hydrogens is 799 g/mol. The third kappa shape index (κ3) is 7.21. The van der Waals surface area contributed by atoms with E-state index in [9.17, 15) is 0 Å². The zero-order chi connectivity index (χ0) is 43.8. The molecule has 0 saturated carbocycles. The van der Waals surface area contributed by atoms with Gasteiger partial charge in [-0.25, -0.2) is 0 Å². The smallest absolute Gasteiger partial charge is 0.136 e. The second-order valence-electron chi connectivity index (χ2n) is 16.9. The topological polar surface area (TPSA) is 16.4 Å². The van der Waals surface area contributed by atoms with Crippen molar-refractivity contribution in [2.24, 2.45) is 0 Å². The Hall–Kier alpha value is -8.72. The zero-order valence-electron chi connectivity index (χ0n) is 36.2. The Morgan fingerprint density at radius 2 is 0.727 bits per heavy atom. The molecule has 1 heterocycles. The second-order valence-corrected chi connectivity index (χ2v) is 16.9. The largest absolute Gasteiger partial charge is 0.456 e. The van der Waals surface area contributed by atoms with Gasteiger partial charge < -0.3 is 9.32 Å². The summed E-state index contributed by atoms with van der Waals surface area (Å²) >= 11 is 0. The van der Waals surface area contributed by atoms with Gasteiger partial charge in [-0.05, 0) is 132 Å². The van der Waals surface area contributed by atoms with Gasteiger partial charge >= 0.3 is 0 Å². The van der Waals surface area contributed by atoms with Crippen molar-refractivity contribution >= 4 is 49.8 Å². The third-order valence-electron chi connectivity index (χ3n) is 12.9. The Labute approximate surface area is 384 Å². The molecule has 12 aromatic rings. The number of anilines is 3. The predicted octanol–water partition coefficient (Wildman–Crippen LogP) is 18.2.